The minimum atomic E-state index is -1.38. The van der Waals surface area contributed by atoms with Crippen LogP contribution in [0.4, 0.5) is 0 Å². The molecule has 0 saturated heterocycles. The monoisotopic (exact) mass is 204 g/mol. The predicted octanol–water partition coefficient (Wildman–Crippen LogP) is -0.783. The van der Waals surface area contributed by atoms with Gasteiger partial charge in [-0.05, 0) is 0 Å². The van der Waals surface area contributed by atoms with E-state index in [2.05, 4.69) is 0 Å². The molecule has 0 radical (unpaired) electrons. The highest BCUT2D eigenvalue weighted by atomic mass is 16.4. The molecule has 4 N–H and O–H groups in total. The number of hydrogen-bond acceptors (Lipinski definition) is 4. The topological polar surface area (TPSA) is 115 Å². The SMILES string of the molecule is O=C(O)/C(CCO)=C(\CCO)C(=O)O. The van der Waals surface area contributed by atoms with Gasteiger partial charge in [0, 0.05) is 37.2 Å². The fourth-order valence-corrected chi connectivity index (χ4v) is 0.997. The number of rotatable bonds is 6. The summed E-state index contributed by atoms with van der Waals surface area (Å²) >= 11 is 0. The zero-order valence-electron chi connectivity index (χ0n) is 7.43. The number of carbonyl (C=O) groups is 2. The Morgan fingerprint density at radius 1 is 0.786 bits per heavy atom. The van der Waals surface area contributed by atoms with Crippen molar-refractivity contribution in [1.82, 2.24) is 0 Å². The van der Waals surface area contributed by atoms with Crippen LogP contribution in [-0.4, -0.2) is 45.6 Å². The smallest absolute Gasteiger partial charge is 0.332 e. The summed E-state index contributed by atoms with van der Waals surface area (Å²) in [7, 11) is 0. The average molecular weight is 204 g/mol. The zero-order valence-corrected chi connectivity index (χ0v) is 7.43. The summed E-state index contributed by atoms with van der Waals surface area (Å²) in [5, 5.41) is 34.3. The highest BCUT2D eigenvalue weighted by molar-refractivity contribution is 5.98. The third kappa shape index (κ3) is 3.55. The van der Waals surface area contributed by atoms with Gasteiger partial charge in [-0.3, -0.25) is 0 Å². The molecule has 0 aliphatic rings. The molecule has 0 atom stereocenters. The Bertz CT molecular complexity index is 229. The van der Waals surface area contributed by atoms with E-state index in [1.165, 1.54) is 0 Å². The Balaban J connectivity index is 5.03. The number of carboxylic acids is 2. The van der Waals surface area contributed by atoms with E-state index >= 15 is 0 Å². The van der Waals surface area contributed by atoms with Gasteiger partial charge in [-0.1, -0.05) is 0 Å². The maximum Gasteiger partial charge on any atom is 0.332 e. The molecule has 0 aromatic carbocycles. The highest BCUT2D eigenvalue weighted by Crippen LogP contribution is 2.13. The van der Waals surface area contributed by atoms with Crippen molar-refractivity contribution in [2.45, 2.75) is 12.8 Å². The molecule has 0 amide bonds. The minimum absolute atomic E-state index is 0.239. The first-order valence-corrected chi connectivity index (χ1v) is 3.95. The molecule has 6 nitrogen and oxygen atoms in total. The van der Waals surface area contributed by atoms with Crippen molar-refractivity contribution in [1.29, 1.82) is 0 Å². The Morgan fingerprint density at radius 3 is 1.21 bits per heavy atom. The van der Waals surface area contributed by atoms with E-state index in [4.69, 9.17) is 20.4 Å². The van der Waals surface area contributed by atoms with Crippen molar-refractivity contribution in [3.63, 3.8) is 0 Å². The van der Waals surface area contributed by atoms with Crippen LogP contribution in [0, 0.1) is 0 Å². The lowest BCUT2D eigenvalue weighted by atomic mass is 10.0. The number of aliphatic hydroxyl groups excluding tert-OH is 2. The molecule has 0 aliphatic heterocycles. The first-order chi connectivity index (χ1) is 6.54. The fourth-order valence-electron chi connectivity index (χ4n) is 0.997. The summed E-state index contributed by atoms with van der Waals surface area (Å²) in [5.41, 5.74) is -0.733. The van der Waals surface area contributed by atoms with E-state index < -0.39 is 25.2 Å². The summed E-state index contributed by atoms with van der Waals surface area (Å²) in [4.78, 5) is 21.2. The first-order valence-electron chi connectivity index (χ1n) is 3.95. The van der Waals surface area contributed by atoms with Gasteiger partial charge in [-0.25, -0.2) is 9.59 Å². The third-order valence-electron chi connectivity index (χ3n) is 1.60. The van der Waals surface area contributed by atoms with Gasteiger partial charge in [-0.2, -0.15) is 0 Å². The van der Waals surface area contributed by atoms with E-state index in [0.29, 0.717) is 0 Å². The van der Waals surface area contributed by atoms with Gasteiger partial charge in [0.1, 0.15) is 0 Å². The molecule has 0 heterocycles. The quantitative estimate of drug-likeness (QED) is 0.422. The first kappa shape index (κ1) is 12.6. The molecule has 6 heteroatoms. The average Bonchev–Trinajstić information content (AvgIpc) is 2.10. The van der Waals surface area contributed by atoms with Gasteiger partial charge in [-0.15, -0.1) is 0 Å². The van der Waals surface area contributed by atoms with Crippen molar-refractivity contribution >= 4 is 11.9 Å². The second-order valence-electron chi connectivity index (χ2n) is 2.51. The molecular formula is C8H12O6. The second kappa shape index (κ2) is 6.11. The van der Waals surface area contributed by atoms with E-state index in [1.54, 1.807) is 0 Å². The van der Waals surface area contributed by atoms with Crippen LogP contribution in [0.1, 0.15) is 12.8 Å². The van der Waals surface area contributed by atoms with Crippen molar-refractivity contribution in [2.24, 2.45) is 0 Å². The Kier molecular flexibility index (Phi) is 5.50. The molecule has 80 valence electrons. The highest BCUT2D eigenvalue weighted by Gasteiger charge is 2.18. The standard InChI is InChI=1S/C8H12O6/c9-3-1-5(7(11)12)6(2-4-10)8(13)14/h9-10H,1-4H2,(H,11,12)(H,13,14)/b6-5+. The van der Waals surface area contributed by atoms with Crippen LogP contribution in [0.3, 0.4) is 0 Å². The predicted molar refractivity (Wildman–Crippen MR) is 45.7 cm³/mol. The molecule has 0 bridgehead atoms. The van der Waals surface area contributed by atoms with Crippen LogP contribution >= 0.6 is 0 Å². The Hall–Kier alpha value is -1.40. The Morgan fingerprint density at radius 2 is 1.07 bits per heavy atom. The second-order valence-corrected chi connectivity index (χ2v) is 2.51. The van der Waals surface area contributed by atoms with E-state index in [9.17, 15) is 9.59 Å². The summed E-state index contributed by atoms with van der Waals surface area (Å²) in [6.07, 6.45) is -0.478. The molecule has 0 fully saturated rings. The van der Waals surface area contributed by atoms with E-state index in [0.717, 1.165) is 0 Å². The summed E-state index contributed by atoms with van der Waals surface area (Å²) in [5.74, 6) is -2.77. The van der Waals surface area contributed by atoms with Gasteiger partial charge in [0.15, 0.2) is 0 Å². The molecule has 0 aromatic heterocycles. The lowest BCUT2D eigenvalue weighted by Gasteiger charge is -2.05. The summed E-state index contributed by atoms with van der Waals surface area (Å²) < 4.78 is 0. The molecule has 0 unspecified atom stereocenters. The molecule has 0 aromatic rings. The van der Waals surface area contributed by atoms with E-state index in [1.807, 2.05) is 0 Å². The van der Waals surface area contributed by atoms with Crippen molar-refractivity contribution in [2.75, 3.05) is 13.2 Å². The summed E-state index contributed by atoms with van der Waals surface area (Å²) in [6.45, 7) is -0.881. The van der Waals surface area contributed by atoms with Crippen LogP contribution in [0.25, 0.3) is 0 Å². The van der Waals surface area contributed by atoms with Gasteiger partial charge in [0.25, 0.3) is 0 Å². The number of aliphatic carboxylic acids is 2. The number of aliphatic hydroxyl groups is 2. The van der Waals surface area contributed by atoms with Gasteiger partial charge >= 0.3 is 11.9 Å². The zero-order chi connectivity index (χ0) is 11.1. The largest absolute Gasteiger partial charge is 0.478 e. The minimum Gasteiger partial charge on any atom is -0.478 e. The number of hydrogen-bond donors (Lipinski definition) is 4. The van der Waals surface area contributed by atoms with Gasteiger partial charge in [0.05, 0.1) is 0 Å². The fraction of sp³-hybridized carbons (Fsp3) is 0.500. The maximum atomic E-state index is 10.6. The lowest BCUT2D eigenvalue weighted by Crippen LogP contribution is -2.13. The van der Waals surface area contributed by atoms with Crippen molar-refractivity contribution < 1.29 is 30.0 Å². The van der Waals surface area contributed by atoms with Crippen molar-refractivity contribution in [3.8, 4) is 0 Å². The third-order valence-corrected chi connectivity index (χ3v) is 1.60. The van der Waals surface area contributed by atoms with Gasteiger partial charge < -0.3 is 20.4 Å². The van der Waals surface area contributed by atoms with Crippen LogP contribution in [0.15, 0.2) is 11.1 Å². The summed E-state index contributed by atoms with van der Waals surface area (Å²) in [6, 6.07) is 0. The molecule has 0 spiro atoms. The molecule has 0 rings (SSSR count). The maximum absolute atomic E-state index is 10.6. The van der Waals surface area contributed by atoms with E-state index in [-0.39, 0.29) is 24.0 Å². The number of carboxylic acid groups (broad SMARTS) is 2. The normalized spacial score (nSPS) is 12.1. The molecule has 0 saturated carbocycles. The van der Waals surface area contributed by atoms with Crippen LogP contribution in [0.2, 0.25) is 0 Å². The molecule has 14 heavy (non-hydrogen) atoms. The van der Waals surface area contributed by atoms with Crippen molar-refractivity contribution in [3.05, 3.63) is 11.1 Å². The van der Waals surface area contributed by atoms with Gasteiger partial charge in [0.2, 0.25) is 0 Å². The van der Waals surface area contributed by atoms with Crippen LogP contribution in [0.5, 0.6) is 0 Å². The molecule has 0 aliphatic carbocycles. The Labute approximate surface area is 80.1 Å². The van der Waals surface area contributed by atoms with Crippen LogP contribution < -0.4 is 0 Å². The van der Waals surface area contributed by atoms with Crippen LogP contribution in [-0.2, 0) is 9.59 Å². The molecular weight excluding hydrogens is 192 g/mol. The lowest BCUT2D eigenvalue weighted by molar-refractivity contribution is -0.136.